The van der Waals surface area contributed by atoms with Crippen molar-refractivity contribution in [2.24, 2.45) is 5.10 Å². The molecule has 2 aromatic carbocycles. The summed E-state index contributed by atoms with van der Waals surface area (Å²) in [5, 5.41) is 14.5. The Morgan fingerprint density at radius 1 is 1.29 bits per heavy atom. The Balaban J connectivity index is 1.75. The Morgan fingerprint density at radius 2 is 2.08 bits per heavy atom. The van der Waals surface area contributed by atoms with Crippen LogP contribution in [0.15, 0.2) is 52.0 Å². The first-order chi connectivity index (χ1) is 11.6. The van der Waals surface area contributed by atoms with Crippen molar-refractivity contribution in [1.82, 2.24) is 5.43 Å². The average Bonchev–Trinajstić information content (AvgIpc) is 2.92. The number of fused-ring (bicyclic) bond motifs is 1. The molecule has 3 aromatic rings. The molecule has 0 atom stereocenters. The highest BCUT2D eigenvalue weighted by Crippen LogP contribution is 2.26. The number of benzene rings is 2. The van der Waals surface area contributed by atoms with E-state index in [1.807, 2.05) is 31.2 Å². The van der Waals surface area contributed by atoms with Gasteiger partial charge in [0.05, 0.1) is 13.3 Å². The van der Waals surface area contributed by atoms with E-state index >= 15 is 0 Å². The number of nitrogens with zero attached hydrogens (tertiary/aromatic N) is 1. The van der Waals surface area contributed by atoms with Gasteiger partial charge in [0.25, 0.3) is 0 Å². The molecule has 0 saturated heterocycles. The van der Waals surface area contributed by atoms with Gasteiger partial charge in [-0.3, -0.25) is 4.79 Å². The number of carbonyl (C=O) groups excluding carboxylic acids is 1. The highest BCUT2D eigenvalue weighted by Gasteiger charge is 2.16. The molecule has 24 heavy (non-hydrogen) atoms. The van der Waals surface area contributed by atoms with Gasteiger partial charge in [0.15, 0.2) is 17.3 Å². The lowest BCUT2D eigenvalue weighted by Crippen LogP contribution is -2.17. The number of nitrogens with one attached hydrogen (secondary N) is 1. The molecule has 2 N–H and O–H groups in total. The second kappa shape index (κ2) is 6.45. The third-order valence-corrected chi connectivity index (χ3v) is 3.63. The summed E-state index contributed by atoms with van der Waals surface area (Å²) in [6.07, 6.45) is 1.43. The highest BCUT2D eigenvalue weighted by atomic mass is 16.5. The van der Waals surface area contributed by atoms with Gasteiger partial charge in [-0.05, 0) is 36.8 Å². The molecule has 1 aromatic heterocycles. The maximum absolute atomic E-state index is 12.2. The van der Waals surface area contributed by atoms with Crippen molar-refractivity contribution in [2.75, 3.05) is 7.11 Å². The second-order valence-corrected chi connectivity index (χ2v) is 5.18. The molecule has 1 heterocycles. The smallest absolute Gasteiger partial charge is 0.307 e. The van der Waals surface area contributed by atoms with E-state index in [0.717, 1.165) is 10.9 Å². The number of para-hydroxylation sites is 1. The molecule has 0 spiro atoms. The van der Waals surface area contributed by atoms with Gasteiger partial charge in [0, 0.05) is 10.9 Å². The summed E-state index contributed by atoms with van der Waals surface area (Å²) in [6.45, 7) is 1.83. The van der Waals surface area contributed by atoms with Gasteiger partial charge < -0.3 is 14.3 Å². The molecule has 0 aliphatic heterocycles. The summed E-state index contributed by atoms with van der Waals surface area (Å²) in [5.74, 6) is 0.165. The van der Waals surface area contributed by atoms with Crippen molar-refractivity contribution in [3.05, 3.63) is 59.4 Å². The minimum atomic E-state index is -0.433. The van der Waals surface area contributed by atoms with E-state index in [1.54, 1.807) is 12.1 Å². The molecular formula is C18H16N2O4. The van der Waals surface area contributed by atoms with Gasteiger partial charge in [-0.25, -0.2) is 5.43 Å². The minimum Gasteiger partial charge on any atom is -0.504 e. The SMILES string of the molecule is COc1ccc(/C=N\NC(=O)c2oc3ccccc3c2C)cc1O. The largest absolute Gasteiger partial charge is 0.504 e. The van der Waals surface area contributed by atoms with Gasteiger partial charge in [-0.1, -0.05) is 18.2 Å². The zero-order valence-electron chi connectivity index (χ0n) is 13.2. The van der Waals surface area contributed by atoms with Crippen molar-refractivity contribution in [3.63, 3.8) is 0 Å². The Kier molecular flexibility index (Phi) is 4.20. The number of hydrazone groups is 1. The molecular weight excluding hydrogens is 308 g/mol. The number of amides is 1. The fourth-order valence-corrected chi connectivity index (χ4v) is 2.39. The number of furan rings is 1. The minimum absolute atomic E-state index is 0.000838. The van der Waals surface area contributed by atoms with Gasteiger partial charge in [0.1, 0.15) is 5.58 Å². The molecule has 0 fully saturated rings. The predicted octanol–water partition coefficient (Wildman–Crippen LogP) is 3.22. The third kappa shape index (κ3) is 2.94. The van der Waals surface area contributed by atoms with Crippen LogP contribution in [0.1, 0.15) is 21.7 Å². The van der Waals surface area contributed by atoms with Crippen LogP contribution in [0.2, 0.25) is 0 Å². The second-order valence-electron chi connectivity index (χ2n) is 5.18. The molecule has 0 bridgehead atoms. The van der Waals surface area contributed by atoms with Crippen LogP contribution in [0.5, 0.6) is 11.5 Å². The standard InChI is InChI=1S/C18H16N2O4/c1-11-13-5-3-4-6-15(13)24-17(11)18(22)20-19-10-12-7-8-16(23-2)14(21)9-12/h3-10,21H,1-2H3,(H,20,22)/b19-10-. The number of phenolic OH excluding ortho intramolecular Hbond substituents is 1. The molecule has 0 radical (unpaired) electrons. The number of rotatable bonds is 4. The van der Waals surface area contributed by atoms with Crippen LogP contribution in [0.4, 0.5) is 0 Å². The number of ether oxygens (including phenoxy) is 1. The van der Waals surface area contributed by atoms with Crippen molar-refractivity contribution < 1.29 is 19.1 Å². The monoisotopic (exact) mass is 324 g/mol. The van der Waals surface area contributed by atoms with E-state index in [-0.39, 0.29) is 11.5 Å². The first-order valence-electron chi connectivity index (χ1n) is 7.28. The zero-order chi connectivity index (χ0) is 17.1. The van der Waals surface area contributed by atoms with Crippen molar-refractivity contribution in [3.8, 4) is 11.5 Å². The molecule has 122 valence electrons. The van der Waals surface area contributed by atoms with E-state index < -0.39 is 5.91 Å². The summed E-state index contributed by atoms with van der Waals surface area (Å²) >= 11 is 0. The number of carbonyl (C=O) groups is 1. The van der Waals surface area contributed by atoms with Gasteiger partial charge in [0.2, 0.25) is 0 Å². The number of phenols is 1. The maximum Gasteiger partial charge on any atom is 0.307 e. The van der Waals surface area contributed by atoms with Crippen LogP contribution in [0.25, 0.3) is 11.0 Å². The lowest BCUT2D eigenvalue weighted by atomic mass is 10.1. The molecule has 1 amide bonds. The number of methoxy groups -OCH3 is 1. The first-order valence-corrected chi connectivity index (χ1v) is 7.28. The fraction of sp³-hybridized carbons (Fsp3) is 0.111. The van der Waals surface area contributed by atoms with E-state index in [0.29, 0.717) is 16.9 Å². The summed E-state index contributed by atoms with van der Waals surface area (Å²) in [7, 11) is 1.47. The van der Waals surface area contributed by atoms with E-state index in [2.05, 4.69) is 10.5 Å². The molecule has 0 unspecified atom stereocenters. The van der Waals surface area contributed by atoms with Crippen molar-refractivity contribution in [1.29, 1.82) is 0 Å². The van der Waals surface area contributed by atoms with E-state index in [9.17, 15) is 9.90 Å². The van der Waals surface area contributed by atoms with Crippen LogP contribution in [-0.2, 0) is 0 Å². The third-order valence-electron chi connectivity index (χ3n) is 3.63. The van der Waals surface area contributed by atoms with Crippen LogP contribution < -0.4 is 10.2 Å². The topological polar surface area (TPSA) is 84.1 Å². The summed E-state index contributed by atoms with van der Waals surface area (Å²) in [6, 6.07) is 12.3. The summed E-state index contributed by atoms with van der Waals surface area (Å²) in [4.78, 5) is 12.2. The lowest BCUT2D eigenvalue weighted by Gasteiger charge is -2.03. The Hall–Kier alpha value is -3.28. The molecule has 0 aliphatic rings. The van der Waals surface area contributed by atoms with Gasteiger partial charge >= 0.3 is 5.91 Å². The van der Waals surface area contributed by atoms with Crippen molar-refractivity contribution in [2.45, 2.75) is 6.92 Å². The lowest BCUT2D eigenvalue weighted by molar-refractivity contribution is 0.0929. The summed E-state index contributed by atoms with van der Waals surface area (Å²) in [5.41, 5.74) is 4.46. The molecule has 6 nitrogen and oxygen atoms in total. The quantitative estimate of drug-likeness (QED) is 0.570. The first kappa shape index (κ1) is 15.6. The maximum atomic E-state index is 12.2. The predicted molar refractivity (Wildman–Crippen MR) is 90.7 cm³/mol. The Bertz CT molecular complexity index is 928. The van der Waals surface area contributed by atoms with Gasteiger partial charge in [-0.15, -0.1) is 0 Å². The van der Waals surface area contributed by atoms with Crippen LogP contribution in [-0.4, -0.2) is 24.3 Å². The Labute approximate surface area is 138 Å². The van der Waals surface area contributed by atoms with Crippen molar-refractivity contribution >= 4 is 23.1 Å². The Morgan fingerprint density at radius 3 is 2.79 bits per heavy atom. The summed E-state index contributed by atoms with van der Waals surface area (Å²) < 4.78 is 10.5. The number of aryl methyl sites for hydroxylation is 1. The van der Waals surface area contributed by atoms with Crippen LogP contribution >= 0.6 is 0 Å². The zero-order valence-corrected chi connectivity index (χ0v) is 13.2. The molecule has 6 heteroatoms. The van der Waals surface area contributed by atoms with E-state index in [1.165, 1.54) is 19.4 Å². The number of aromatic hydroxyl groups is 1. The van der Waals surface area contributed by atoms with Gasteiger partial charge in [-0.2, -0.15) is 5.10 Å². The molecule has 0 saturated carbocycles. The molecule has 0 aliphatic carbocycles. The highest BCUT2D eigenvalue weighted by molar-refractivity contribution is 5.99. The molecule has 3 rings (SSSR count). The number of hydrogen-bond donors (Lipinski definition) is 2. The van der Waals surface area contributed by atoms with Crippen LogP contribution in [0.3, 0.4) is 0 Å². The fourth-order valence-electron chi connectivity index (χ4n) is 2.39. The van der Waals surface area contributed by atoms with E-state index in [4.69, 9.17) is 9.15 Å². The number of hydrogen-bond acceptors (Lipinski definition) is 5. The average molecular weight is 324 g/mol. The normalized spacial score (nSPS) is 11.1. The van der Waals surface area contributed by atoms with Crippen LogP contribution in [0, 0.1) is 6.92 Å².